The van der Waals surface area contributed by atoms with Crippen LogP contribution in [0.5, 0.6) is 0 Å². The van der Waals surface area contributed by atoms with Crippen LogP contribution in [0.25, 0.3) is 0 Å². The van der Waals surface area contributed by atoms with Crippen LogP contribution in [0.3, 0.4) is 0 Å². The molecule has 0 fully saturated rings. The predicted molar refractivity (Wildman–Crippen MR) is 136 cm³/mol. The average Bonchev–Trinajstić information content (AvgIpc) is 3.19. The molecule has 0 aliphatic heterocycles. The molecule has 31 heavy (non-hydrogen) atoms. The van der Waals surface area contributed by atoms with Gasteiger partial charge >= 0.3 is 0 Å². The van der Waals surface area contributed by atoms with E-state index in [9.17, 15) is 0 Å². The molecule has 0 unspecified atom stereocenters. The number of hydrogen-bond donors (Lipinski definition) is 0. The zero-order valence-corrected chi connectivity index (χ0v) is 20.6. The summed E-state index contributed by atoms with van der Waals surface area (Å²) in [5.74, 6) is 1.27. The maximum Gasteiger partial charge on any atom is 0.108 e. The van der Waals surface area contributed by atoms with E-state index in [2.05, 4.69) is 54.9 Å². The van der Waals surface area contributed by atoms with Gasteiger partial charge in [0.05, 0.1) is 5.69 Å². The third-order valence-corrected chi connectivity index (χ3v) is 6.47. The van der Waals surface area contributed by atoms with Gasteiger partial charge in [-0.25, -0.2) is 4.98 Å². The first kappa shape index (κ1) is 25.7. The summed E-state index contributed by atoms with van der Waals surface area (Å²) in [7, 11) is 0. The van der Waals surface area contributed by atoms with E-state index in [1.165, 1.54) is 107 Å². The fourth-order valence-electron chi connectivity index (χ4n) is 4.53. The Morgan fingerprint density at radius 1 is 0.645 bits per heavy atom. The molecule has 1 aromatic heterocycles. The van der Waals surface area contributed by atoms with E-state index in [0.29, 0.717) is 0 Å². The van der Waals surface area contributed by atoms with Gasteiger partial charge in [0.25, 0.3) is 0 Å². The Kier molecular flexibility index (Phi) is 14.1. The van der Waals surface area contributed by atoms with Crippen LogP contribution < -0.4 is 0 Å². The molecule has 0 N–H and O–H groups in total. The smallest absolute Gasteiger partial charge is 0.108 e. The van der Waals surface area contributed by atoms with Crippen molar-refractivity contribution in [3.8, 4) is 0 Å². The molecule has 0 bridgehead atoms. The van der Waals surface area contributed by atoms with Gasteiger partial charge < -0.3 is 4.57 Å². The van der Waals surface area contributed by atoms with Crippen molar-refractivity contribution >= 4 is 0 Å². The minimum Gasteiger partial charge on any atom is -0.335 e. The molecular formula is C29H48N2. The second kappa shape index (κ2) is 17.0. The molecule has 0 saturated heterocycles. The van der Waals surface area contributed by atoms with E-state index in [0.717, 1.165) is 25.8 Å². The summed E-state index contributed by atoms with van der Waals surface area (Å²) < 4.78 is 2.43. The second-order valence-corrected chi connectivity index (χ2v) is 9.28. The van der Waals surface area contributed by atoms with Crippen LogP contribution in [-0.2, 0) is 25.8 Å². The van der Waals surface area contributed by atoms with Crippen LogP contribution in [0.4, 0.5) is 0 Å². The minimum absolute atomic E-state index is 1.04. The standard InChI is InChI=1S/C29H48N2/c1-3-5-6-7-8-9-10-11-12-13-14-15-19-25-31-26-28(30-29(31)4-2)24-20-23-27-21-17-16-18-22-27/h16-18,21-22,26H,3-15,19-20,23-25H2,1-2H3. The summed E-state index contributed by atoms with van der Waals surface area (Å²) in [5.41, 5.74) is 2.71. The number of hydrogen-bond acceptors (Lipinski definition) is 1. The number of unbranched alkanes of at least 4 members (excludes halogenated alkanes) is 12. The van der Waals surface area contributed by atoms with Gasteiger partial charge in [-0.15, -0.1) is 0 Å². The lowest BCUT2D eigenvalue weighted by molar-refractivity contribution is 0.522. The van der Waals surface area contributed by atoms with Crippen LogP contribution in [0.2, 0.25) is 0 Å². The van der Waals surface area contributed by atoms with E-state index >= 15 is 0 Å². The van der Waals surface area contributed by atoms with Gasteiger partial charge in [-0.05, 0) is 31.2 Å². The van der Waals surface area contributed by atoms with Crippen molar-refractivity contribution in [1.82, 2.24) is 9.55 Å². The first-order valence-corrected chi connectivity index (χ1v) is 13.4. The SMILES string of the molecule is CCCCCCCCCCCCCCCn1cc(CCCc2ccccc2)nc1CC. The predicted octanol–water partition coefficient (Wildman–Crippen LogP) is 8.71. The second-order valence-electron chi connectivity index (χ2n) is 9.28. The van der Waals surface area contributed by atoms with Gasteiger partial charge in [0.2, 0.25) is 0 Å². The molecule has 0 amide bonds. The summed E-state index contributed by atoms with van der Waals surface area (Å²) in [6, 6.07) is 10.8. The Morgan fingerprint density at radius 2 is 1.23 bits per heavy atom. The highest BCUT2D eigenvalue weighted by atomic mass is 15.1. The highest BCUT2D eigenvalue weighted by Crippen LogP contribution is 2.14. The van der Waals surface area contributed by atoms with Crippen molar-refractivity contribution in [2.24, 2.45) is 0 Å². The van der Waals surface area contributed by atoms with E-state index in [1.54, 1.807) is 0 Å². The van der Waals surface area contributed by atoms with Crippen molar-refractivity contribution in [1.29, 1.82) is 0 Å². The highest BCUT2D eigenvalue weighted by Gasteiger charge is 2.06. The Morgan fingerprint density at radius 3 is 1.81 bits per heavy atom. The van der Waals surface area contributed by atoms with Crippen molar-refractivity contribution in [3.05, 3.63) is 53.6 Å². The highest BCUT2D eigenvalue weighted by molar-refractivity contribution is 5.15. The maximum absolute atomic E-state index is 4.90. The van der Waals surface area contributed by atoms with Gasteiger partial charge in [-0.2, -0.15) is 0 Å². The first-order valence-electron chi connectivity index (χ1n) is 13.4. The van der Waals surface area contributed by atoms with Crippen molar-refractivity contribution in [3.63, 3.8) is 0 Å². The van der Waals surface area contributed by atoms with Crippen molar-refractivity contribution in [2.45, 2.75) is 130 Å². The number of imidazole rings is 1. The first-order chi connectivity index (χ1) is 15.3. The molecule has 0 atom stereocenters. The molecular weight excluding hydrogens is 376 g/mol. The van der Waals surface area contributed by atoms with Crippen LogP contribution in [0, 0.1) is 0 Å². The quantitative estimate of drug-likeness (QED) is 0.206. The molecule has 174 valence electrons. The average molecular weight is 425 g/mol. The van der Waals surface area contributed by atoms with Crippen LogP contribution >= 0.6 is 0 Å². The summed E-state index contributed by atoms with van der Waals surface area (Å²) in [4.78, 5) is 4.90. The van der Waals surface area contributed by atoms with E-state index < -0.39 is 0 Å². The fraction of sp³-hybridized carbons (Fsp3) is 0.690. The zero-order valence-electron chi connectivity index (χ0n) is 20.6. The van der Waals surface area contributed by atoms with Gasteiger partial charge in [0, 0.05) is 19.2 Å². The van der Waals surface area contributed by atoms with Gasteiger partial charge in [0.1, 0.15) is 5.82 Å². The number of aromatic nitrogens is 2. The van der Waals surface area contributed by atoms with Gasteiger partial charge in [-0.1, -0.05) is 121 Å². The molecule has 2 heteroatoms. The monoisotopic (exact) mass is 424 g/mol. The van der Waals surface area contributed by atoms with E-state index in [4.69, 9.17) is 4.98 Å². The summed E-state index contributed by atoms with van der Waals surface area (Å²) in [6.45, 7) is 5.67. The molecule has 0 spiro atoms. The minimum atomic E-state index is 1.04. The van der Waals surface area contributed by atoms with Crippen LogP contribution in [0.1, 0.15) is 121 Å². The molecule has 2 nitrogen and oxygen atoms in total. The number of aryl methyl sites for hydroxylation is 4. The Balaban J connectivity index is 1.50. The topological polar surface area (TPSA) is 17.8 Å². The Labute approximate surface area is 192 Å². The largest absolute Gasteiger partial charge is 0.335 e. The van der Waals surface area contributed by atoms with Crippen molar-refractivity contribution < 1.29 is 0 Å². The Hall–Kier alpha value is -1.57. The van der Waals surface area contributed by atoms with Gasteiger partial charge in [-0.3, -0.25) is 0 Å². The van der Waals surface area contributed by atoms with E-state index in [1.807, 2.05) is 0 Å². The maximum atomic E-state index is 4.90. The Bertz CT molecular complexity index is 659. The molecule has 0 aliphatic carbocycles. The molecule has 0 radical (unpaired) electrons. The molecule has 1 heterocycles. The number of benzene rings is 1. The fourth-order valence-corrected chi connectivity index (χ4v) is 4.53. The lowest BCUT2D eigenvalue weighted by atomic mass is 10.0. The normalized spacial score (nSPS) is 11.3. The third-order valence-electron chi connectivity index (χ3n) is 6.47. The lowest BCUT2D eigenvalue weighted by Crippen LogP contribution is -2.01. The summed E-state index contributed by atoms with van der Waals surface area (Å²) >= 11 is 0. The van der Waals surface area contributed by atoms with Crippen molar-refractivity contribution in [2.75, 3.05) is 0 Å². The third kappa shape index (κ3) is 11.6. The number of rotatable bonds is 19. The molecule has 0 aliphatic rings. The summed E-state index contributed by atoms with van der Waals surface area (Å²) in [5, 5.41) is 0. The summed E-state index contributed by atoms with van der Waals surface area (Å²) in [6.07, 6.45) is 25.2. The van der Waals surface area contributed by atoms with Gasteiger partial charge in [0.15, 0.2) is 0 Å². The van der Waals surface area contributed by atoms with E-state index in [-0.39, 0.29) is 0 Å². The molecule has 0 saturated carbocycles. The van der Waals surface area contributed by atoms with Crippen LogP contribution in [-0.4, -0.2) is 9.55 Å². The molecule has 2 rings (SSSR count). The number of nitrogens with zero attached hydrogens (tertiary/aromatic N) is 2. The molecule has 2 aromatic rings. The lowest BCUT2D eigenvalue weighted by Gasteiger charge is -2.06. The van der Waals surface area contributed by atoms with Crippen LogP contribution in [0.15, 0.2) is 36.5 Å². The zero-order chi connectivity index (χ0) is 22.0. The molecule has 1 aromatic carbocycles.